The summed E-state index contributed by atoms with van der Waals surface area (Å²) in [5.74, 6) is 0.460. The third kappa shape index (κ3) is 2.47. The van der Waals surface area contributed by atoms with E-state index in [1.807, 2.05) is 0 Å². The summed E-state index contributed by atoms with van der Waals surface area (Å²) in [6.07, 6.45) is 5.78. The van der Waals surface area contributed by atoms with E-state index in [2.05, 4.69) is 4.90 Å². The van der Waals surface area contributed by atoms with E-state index in [4.69, 9.17) is 5.11 Å². The molecule has 0 aromatic heterocycles. The van der Waals surface area contributed by atoms with Crippen molar-refractivity contribution in [2.45, 2.75) is 44.2 Å². The standard InChI is InChI=1S/C11H21NO2/c13-7-6-12(10-4-5-10)8-9-2-1-3-11(9)14/h9-11,13-14H,1-8H2. The predicted octanol–water partition coefficient (Wildman–Crippen LogP) is 0.604. The molecule has 2 fully saturated rings. The molecule has 3 nitrogen and oxygen atoms in total. The van der Waals surface area contributed by atoms with Crippen LogP contribution in [-0.4, -0.2) is 47.0 Å². The molecule has 0 bridgehead atoms. The maximum absolute atomic E-state index is 9.72. The largest absolute Gasteiger partial charge is 0.395 e. The van der Waals surface area contributed by atoms with E-state index in [1.165, 1.54) is 19.3 Å². The zero-order valence-corrected chi connectivity index (χ0v) is 8.73. The zero-order chi connectivity index (χ0) is 9.97. The summed E-state index contributed by atoms with van der Waals surface area (Å²) in [5, 5.41) is 18.7. The molecule has 2 aliphatic carbocycles. The molecule has 0 heterocycles. The zero-order valence-electron chi connectivity index (χ0n) is 8.73. The molecule has 3 heteroatoms. The van der Waals surface area contributed by atoms with Gasteiger partial charge in [0.25, 0.3) is 0 Å². The van der Waals surface area contributed by atoms with Crippen LogP contribution in [0.25, 0.3) is 0 Å². The minimum absolute atomic E-state index is 0.0880. The normalized spacial score (nSPS) is 32.8. The van der Waals surface area contributed by atoms with E-state index in [0.717, 1.165) is 25.9 Å². The highest BCUT2D eigenvalue weighted by molar-refractivity contribution is 4.88. The molecule has 0 radical (unpaired) electrons. The van der Waals surface area contributed by atoms with Crippen molar-refractivity contribution in [1.29, 1.82) is 0 Å². The maximum atomic E-state index is 9.72. The van der Waals surface area contributed by atoms with Gasteiger partial charge in [0.1, 0.15) is 0 Å². The highest BCUT2D eigenvalue weighted by Crippen LogP contribution is 2.31. The molecule has 0 spiro atoms. The van der Waals surface area contributed by atoms with Crippen LogP contribution in [0.2, 0.25) is 0 Å². The number of aliphatic hydroxyl groups is 2. The molecule has 2 atom stereocenters. The van der Waals surface area contributed by atoms with Crippen LogP contribution in [0.4, 0.5) is 0 Å². The predicted molar refractivity (Wildman–Crippen MR) is 55.0 cm³/mol. The van der Waals surface area contributed by atoms with Crippen LogP contribution < -0.4 is 0 Å². The lowest BCUT2D eigenvalue weighted by atomic mass is 10.1. The quantitative estimate of drug-likeness (QED) is 0.681. The van der Waals surface area contributed by atoms with Gasteiger partial charge in [-0.1, -0.05) is 6.42 Å². The third-order valence-corrected chi connectivity index (χ3v) is 3.54. The Morgan fingerprint density at radius 3 is 2.43 bits per heavy atom. The second-order valence-electron chi connectivity index (χ2n) is 4.71. The van der Waals surface area contributed by atoms with Gasteiger partial charge in [-0.15, -0.1) is 0 Å². The van der Waals surface area contributed by atoms with Crippen LogP contribution in [0.15, 0.2) is 0 Å². The minimum atomic E-state index is -0.0880. The third-order valence-electron chi connectivity index (χ3n) is 3.54. The second kappa shape index (κ2) is 4.60. The van der Waals surface area contributed by atoms with Gasteiger partial charge in [-0.25, -0.2) is 0 Å². The Morgan fingerprint density at radius 2 is 1.93 bits per heavy atom. The van der Waals surface area contributed by atoms with Crippen molar-refractivity contribution in [2.24, 2.45) is 5.92 Å². The molecule has 2 saturated carbocycles. The van der Waals surface area contributed by atoms with Crippen LogP contribution >= 0.6 is 0 Å². The van der Waals surface area contributed by atoms with Gasteiger partial charge < -0.3 is 10.2 Å². The molecule has 82 valence electrons. The Morgan fingerprint density at radius 1 is 1.14 bits per heavy atom. The van der Waals surface area contributed by atoms with Crippen molar-refractivity contribution < 1.29 is 10.2 Å². The number of rotatable bonds is 5. The van der Waals surface area contributed by atoms with Crippen LogP contribution in [0.3, 0.4) is 0 Å². The summed E-state index contributed by atoms with van der Waals surface area (Å²) >= 11 is 0. The lowest BCUT2D eigenvalue weighted by Crippen LogP contribution is -2.36. The van der Waals surface area contributed by atoms with Crippen molar-refractivity contribution >= 4 is 0 Å². The van der Waals surface area contributed by atoms with Crippen molar-refractivity contribution in [1.82, 2.24) is 4.90 Å². The average Bonchev–Trinajstić information content (AvgIpc) is 2.93. The molecule has 2 unspecified atom stereocenters. The molecular formula is C11H21NO2. The monoisotopic (exact) mass is 199 g/mol. The van der Waals surface area contributed by atoms with Crippen LogP contribution in [0.5, 0.6) is 0 Å². The van der Waals surface area contributed by atoms with E-state index in [1.54, 1.807) is 0 Å². The Hall–Kier alpha value is -0.120. The second-order valence-corrected chi connectivity index (χ2v) is 4.71. The number of aliphatic hydroxyl groups excluding tert-OH is 2. The first-order valence-electron chi connectivity index (χ1n) is 5.84. The van der Waals surface area contributed by atoms with Gasteiger partial charge >= 0.3 is 0 Å². The van der Waals surface area contributed by atoms with Crippen LogP contribution in [0.1, 0.15) is 32.1 Å². The van der Waals surface area contributed by atoms with Gasteiger partial charge in [0, 0.05) is 19.1 Å². The fraction of sp³-hybridized carbons (Fsp3) is 1.00. The lowest BCUT2D eigenvalue weighted by molar-refractivity contribution is 0.0908. The highest BCUT2D eigenvalue weighted by Gasteiger charge is 2.33. The summed E-state index contributed by atoms with van der Waals surface area (Å²) in [6, 6.07) is 0.704. The molecule has 2 rings (SSSR count). The van der Waals surface area contributed by atoms with Gasteiger partial charge in [0.05, 0.1) is 12.7 Å². The molecule has 0 amide bonds. The minimum Gasteiger partial charge on any atom is -0.395 e. The van der Waals surface area contributed by atoms with Crippen molar-refractivity contribution in [3.05, 3.63) is 0 Å². The maximum Gasteiger partial charge on any atom is 0.0580 e. The first-order chi connectivity index (χ1) is 6.81. The van der Waals surface area contributed by atoms with E-state index < -0.39 is 0 Å². The number of hydrogen-bond donors (Lipinski definition) is 2. The SMILES string of the molecule is OCCN(CC1CCCC1O)C1CC1. The summed E-state index contributed by atoms with van der Waals surface area (Å²) in [7, 11) is 0. The molecule has 14 heavy (non-hydrogen) atoms. The summed E-state index contributed by atoms with van der Waals surface area (Å²) in [6.45, 7) is 2.03. The molecule has 0 saturated heterocycles. The van der Waals surface area contributed by atoms with E-state index in [0.29, 0.717) is 12.0 Å². The average molecular weight is 199 g/mol. The molecule has 2 N–H and O–H groups in total. The summed E-state index contributed by atoms with van der Waals surface area (Å²) in [4.78, 5) is 2.36. The van der Waals surface area contributed by atoms with E-state index in [9.17, 15) is 5.11 Å². The van der Waals surface area contributed by atoms with Crippen molar-refractivity contribution in [3.8, 4) is 0 Å². The highest BCUT2D eigenvalue weighted by atomic mass is 16.3. The van der Waals surface area contributed by atoms with E-state index >= 15 is 0 Å². The fourth-order valence-corrected chi connectivity index (χ4v) is 2.52. The Labute approximate surface area is 85.7 Å². The first-order valence-corrected chi connectivity index (χ1v) is 5.84. The molecule has 0 aromatic carbocycles. The fourth-order valence-electron chi connectivity index (χ4n) is 2.52. The van der Waals surface area contributed by atoms with Gasteiger partial charge in [-0.3, -0.25) is 4.90 Å². The first kappa shape index (κ1) is 10.4. The van der Waals surface area contributed by atoms with Crippen molar-refractivity contribution in [2.75, 3.05) is 19.7 Å². The van der Waals surface area contributed by atoms with Crippen molar-refractivity contribution in [3.63, 3.8) is 0 Å². The number of nitrogens with zero attached hydrogens (tertiary/aromatic N) is 1. The smallest absolute Gasteiger partial charge is 0.0580 e. The topological polar surface area (TPSA) is 43.7 Å². The van der Waals surface area contributed by atoms with Gasteiger partial charge in [0.15, 0.2) is 0 Å². The Balaban J connectivity index is 1.80. The summed E-state index contributed by atoms with van der Waals surface area (Å²) < 4.78 is 0. The van der Waals surface area contributed by atoms with Crippen LogP contribution in [0, 0.1) is 5.92 Å². The molecule has 2 aliphatic rings. The Bertz CT molecular complexity index is 182. The van der Waals surface area contributed by atoms with E-state index in [-0.39, 0.29) is 12.7 Å². The van der Waals surface area contributed by atoms with Gasteiger partial charge in [0.2, 0.25) is 0 Å². The van der Waals surface area contributed by atoms with Crippen LogP contribution in [-0.2, 0) is 0 Å². The molecule has 0 aromatic rings. The Kier molecular flexibility index (Phi) is 3.42. The molecular weight excluding hydrogens is 178 g/mol. The number of hydrogen-bond acceptors (Lipinski definition) is 3. The molecule has 0 aliphatic heterocycles. The summed E-state index contributed by atoms with van der Waals surface area (Å²) in [5.41, 5.74) is 0. The van der Waals surface area contributed by atoms with Gasteiger partial charge in [-0.2, -0.15) is 0 Å². The van der Waals surface area contributed by atoms with Gasteiger partial charge in [-0.05, 0) is 31.6 Å². The lowest BCUT2D eigenvalue weighted by Gasteiger charge is -2.26.